The third-order valence-corrected chi connectivity index (χ3v) is 3.72. The summed E-state index contributed by atoms with van der Waals surface area (Å²) in [6.07, 6.45) is 1.05. The van der Waals surface area contributed by atoms with E-state index in [4.69, 9.17) is 16.0 Å². The second-order valence-electron chi connectivity index (χ2n) is 4.91. The number of nitrogen functional groups attached to an aromatic ring is 1. The first kappa shape index (κ1) is 13.6. The lowest BCUT2D eigenvalue weighted by atomic mass is 10.0. The lowest BCUT2D eigenvalue weighted by Gasteiger charge is -2.16. The van der Waals surface area contributed by atoms with Gasteiger partial charge in [-0.25, -0.2) is 15.0 Å². The fraction of sp³-hybridized carbons (Fsp3) is 0.545. The molecule has 10 heteroatoms. The Kier molecular flexibility index (Phi) is 3.34. The Balaban J connectivity index is 1.95. The van der Waals surface area contributed by atoms with Gasteiger partial charge in [-0.2, -0.15) is 0 Å². The summed E-state index contributed by atoms with van der Waals surface area (Å²) in [4.78, 5) is 14.9. The third-order valence-electron chi connectivity index (χ3n) is 3.72. The summed E-state index contributed by atoms with van der Waals surface area (Å²) in [7, 11) is 0. The zero-order valence-electron chi connectivity index (χ0n) is 11.2. The van der Waals surface area contributed by atoms with Gasteiger partial charge in [-0.15, -0.1) is 0 Å². The van der Waals surface area contributed by atoms with E-state index in [1.807, 2.05) is 6.92 Å². The summed E-state index contributed by atoms with van der Waals surface area (Å²) < 4.78 is 7.40. The van der Waals surface area contributed by atoms with Crippen LogP contribution in [0, 0.1) is 5.92 Å². The van der Waals surface area contributed by atoms with Crippen molar-refractivity contribution in [1.82, 2.24) is 19.5 Å². The van der Waals surface area contributed by atoms with Gasteiger partial charge >= 0.3 is 0 Å². The van der Waals surface area contributed by atoms with Crippen LogP contribution in [-0.4, -0.2) is 43.4 Å². The van der Waals surface area contributed by atoms with Gasteiger partial charge in [0.2, 0.25) is 0 Å². The van der Waals surface area contributed by atoms with Crippen molar-refractivity contribution in [3.8, 4) is 0 Å². The van der Waals surface area contributed by atoms with Crippen LogP contribution in [0.15, 0.2) is 17.8 Å². The molecule has 3 rings (SSSR count). The summed E-state index contributed by atoms with van der Waals surface area (Å²) in [6, 6.07) is 0. The van der Waals surface area contributed by atoms with E-state index in [1.54, 1.807) is 4.57 Å². The molecule has 0 amide bonds. The van der Waals surface area contributed by atoms with Crippen LogP contribution in [0.5, 0.6) is 0 Å². The van der Waals surface area contributed by atoms with E-state index in [-0.39, 0.29) is 24.4 Å². The van der Waals surface area contributed by atoms with E-state index in [2.05, 4.69) is 25.0 Å². The van der Waals surface area contributed by atoms with Gasteiger partial charge < -0.3 is 15.6 Å². The molecule has 10 nitrogen and oxygen atoms in total. The van der Waals surface area contributed by atoms with Crippen molar-refractivity contribution in [2.45, 2.75) is 25.4 Å². The van der Waals surface area contributed by atoms with Crippen LogP contribution < -0.4 is 5.73 Å². The van der Waals surface area contributed by atoms with E-state index in [0.717, 1.165) is 0 Å². The average molecular weight is 290 g/mol. The van der Waals surface area contributed by atoms with E-state index >= 15 is 0 Å². The van der Waals surface area contributed by atoms with E-state index < -0.39 is 12.3 Å². The number of hydrogen-bond acceptors (Lipinski definition) is 7. The predicted octanol–water partition coefficient (Wildman–Crippen LogP) is 0.613. The molecule has 21 heavy (non-hydrogen) atoms. The molecule has 1 aliphatic heterocycles. The van der Waals surface area contributed by atoms with Crippen molar-refractivity contribution in [3.63, 3.8) is 0 Å². The second kappa shape index (κ2) is 5.17. The highest BCUT2D eigenvalue weighted by Gasteiger charge is 2.42. The molecule has 0 aromatic carbocycles. The molecule has 0 aliphatic carbocycles. The molecular weight excluding hydrogens is 276 g/mol. The molecule has 3 heterocycles. The van der Waals surface area contributed by atoms with E-state index in [0.29, 0.717) is 11.2 Å². The summed E-state index contributed by atoms with van der Waals surface area (Å²) in [5.41, 5.74) is 15.1. The topological polar surface area (TPSA) is 148 Å². The fourth-order valence-electron chi connectivity index (χ4n) is 2.48. The minimum Gasteiger partial charge on any atom is -0.388 e. The fourth-order valence-corrected chi connectivity index (χ4v) is 2.48. The van der Waals surface area contributed by atoms with Crippen LogP contribution >= 0.6 is 0 Å². The maximum Gasteiger partial charge on any atom is 0.167 e. The molecule has 110 valence electrons. The molecule has 2 aromatic heterocycles. The number of fused-ring (bicyclic) bond motifs is 1. The Hall–Kier alpha value is -2.42. The van der Waals surface area contributed by atoms with Gasteiger partial charge in [0.15, 0.2) is 17.7 Å². The zero-order chi connectivity index (χ0) is 15.0. The molecule has 1 fully saturated rings. The zero-order valence-corrected chi connectivity index (χ0v) is 11.2. The molecule has 3 N–H and O–H groups in total. The molecule has 1 unspecified atom stereocenters. The first-order valence-corrected chi connectivity index (χ1v) is 6.41. The Labute approximate surface area is 119 Å². The Morgan fingerprint density at radius 2 is 2.33 bits per heavy atom. The minimum atomic E-state index is -0.766. The number of ether oxygens (including phenoxy) is 1. The molecule has 0 bridgehead atoms. The molecular formula is C11H14N8O2. The predicted molar refractivity (Wildman–Crippen MR) is 72.8 cm³/mol. The molecule has 1 saturated heterocycles. The number of aliphatic hydroxyl groups is 1. The Bertz CT molecular complexity index is 709. The molecule has 4 atom stereocenters. The lowest BCUT2D eigenvalue weighted by molar-refractivity contribution is -0.0321. The maximum absolute atomic E-state index is 10.3. The van der Waals surface area contributed by atoms with Gasteiger partial charge in [-0.05, 0) is 5.53 Å². The van der Waals surface area contributed by atoms with Crippen molar-refractivity contribution < 1.29 is 9.84 Å². The molecule has 1 aliphatic rings. The van der Waals surface area contributed by atoms with Gasteiger partial charge in [0.05, 0.1) is 19.0 Å². The van der Waals surface area contributed by atoms with E-state index in [1.165, 1.54) is 12.7 Å². The van der Waals surface area contributed by atoms with Gasteiger partial charge in [0.1, 0.15) is 17.9 Å². The first-order chi connectivity index (χ1) is 10.1. The molecule has 0 saturated carbocycles. The Morgan fingerprint density at radius 1 is 1.52 bits per heavy atom. The molecule has 0 spiro atoms. The number of anilines is 1. The smallest absolute Gasteiger partial charge is 0.167 e. The summed E-state index contributed by atoms with van der Waals surface area (Å²) in [5.74, 6) is 0.0852. The Morgan fingerprint density at radius 3 is 3.10 bits per heavy atom. The van der Waals surface area contributed by atoms with Crippen molar-refractivity contribution in [3.05, 3.63) is 23.1 Å². The summed E-state index contributed by atoms with van der Waals surface area (Å²) in [5, 5.41) is 13.8. The van der Waals surface area contributed by atoms with Gasteiger partial charge in [-0.1, -0.05) is 12.0 Å². The largest absolute Gasteiger partial charge is 0.388 e. The molecule has 0 radical (unpaired) electrons. The number of nitrogens with two attached hydrogens (primary N) is 1. The van der Waals surface area contributed by atoms with E-state index in [9.17, 15) is 5.11 Å². The number of aromatic nitrogens is 4. The summed E-state index contributed by atoms with van der Waals surface area (Å²) in [6.45, 7) is 2.00. The average Bonchev–Trinajstić information content (AvgIpc) is 3.02. The van der Waals surface area contributed by atoms with Crippen molar-refractivity contribution in [2.75, 3.05) is 12.3 Å². The number of azide groups is 1. The van der Waals surface area contributed by atoms with Crippen LogP contribution in [0.1, 0.15) is 13.2 Å². The number of hydrogen-bond donors (Lipinski definition) is 2. The minimum absolute atomic E-state index is 0.162. The molecule has 2 aromatic rings. The number of imidazole rings is 1. The van der Waals surface area contributed by atoms with Crippen molar-refractivity contribution in [1.29, 1.82) is 0 Å². The third kappa shape index (κ3) is 2.15. The quantitative estimate of drug-likeness (QED) is 0.480. The van der Waals surface area contributed by atoms with Crippen LogP contribution in [0.4, 0.5) is 5.82 Å². The van der Waals surface area contributed by atoms with Gasteiger partial charge in [0.25, 0.3) is 0 Å². The van der Waals surface area contributed by atoms with Gasteiger partial charge in [0, 0.05) is 10.8 Å². The number of rotatable bonds is 3. The van der Waals surface area contributed by atoms with Crippen molar-refractivity contribution in [2.24, 2.45) is 11.0 Å². The highest BCUT2D eigenvalue weighted by atomic mass is 16.5. The van der Waals surface area contributed by atoms with Crippen molar-refractivity contribution >= 4 is 17.0 Å². The second-order valence-corrected chi connectivity index (χ2v) is 4.91. The van der Waals surface area contributed by atoms with Crippen LogP contribution in [0.2, 0.25) is 0 Å². The monoisotopic (exact) mass is 290 g/mol. The first-order valence-electron chi connectivity index (χ1n) is 6.41. The number of aliphatic hydroxyl groups excluding tert-OH is 1. The highest BCUT2D eigenvalue weighted by molar-refractivity contribution is 5.81. The lowest BCUT2D eigenvalue weighted by Crippen LogP contribution is -2.25. The SMILES string of the molecule is C[C@@H]1C(CN=[N+]=[N-])O[C@@H](n2cnc3c(N)ncnc32)[C@@H]1O. The standard InChI is InChI=1S/C11H14N8O2/c1-5-6(2-17-18-13)21-11(8(5)20)19-4-16-7-9(12)14-3-15-10(7)19/h3-6,8,11,20H,2H2,1H3,(H2,12,14,15)/t5-,6?,8-,11-/m1/s1. The van der Waals surface area contributed by atoms with Crippen LogP contribution in [-0.2, 0) is 4.74 Å². The maximum atomic E-state index is 10.3. The van der Waals surface area contributed by atoms with Crippen LogP contribution in [0.3, 0.4) is 0 Å². The highest BCUT2D eigenvalue weighted by Crippen LogP contribution is 2.35. The number of nitrogens with zero attached hydrogens (tertiary/aromatic N) is 7. The van der Waals surface area contributed by atoms with Crippen LogP contribution in [0.25, 0.3) is 21.6 Å². The van der Waals surface area contributed by atoms with Gasteiger partial charge in [-0.3, -0.25) is 4.57 Å². The summed E-state index contributed by atoms with van der Waals surface area (Å²) >= 11 is 0. The normalized spacial score (nSPS) is 28.7.